The second-order valence-corrected chi connectivity index (χ2v) is 5.56. The van der Waals surface area contributed by atoms with Crippen molar-refractivity contribution in [2.24, 2.45) is 0 Å². The molecule has 0 aliphatic carbocycles. The Labute approximate surface area is 126 Å². The van der Waals surface area contributed by atoms with Crippen LogP contribution in [-0.2, 0) is 11.2 Å². The highest BCUT2D eigenvalue weighted by Crippen LogP contribution is 2.25. The Kier molecular flexibility index (Phi) is 4.95. The van der Waals surface area contributed by atoms with Crippen molar-refractivity contribution >= 4 is 17.7 Å². The van der Waals surface area contributed by atoms with Gasteiger partial charge in [-0.05, 0) is 31.0 Å². The van der Waals surface area contributed by atoms with E-state index in [0.717, 1.165) is 23.7 Å². The molecule has 0 saturated carbocycles. The second kappa shape index (κ2) is 6.71. The quantitative estimate of drug-likeness (QED) is 0.831. The number of carboxylic acids is 1. The van der Waals surface area contributed by atoms with Crippen molar-refractivity contribution in [3.63, 3.8) is 0 Å². The van der Waals surface area contributed by atoms with Crippen LogP contribution in [-0.4, -0.2) is 31.6 Å². The molecule has 0 spiro atoms. The minimum Gasteiger partial charge on any atom is -0.481 e. The van der Waals surface area contributed by atoms with Crippen LogP contribution < -0.4 is 0 Å². The fraction of sp³-hybridized carbons (Fsp3) is 0.357. The van der Waals surface area contributed by atoms with E-state index in [0.29, 0.717) is 23.1 Å². The highest BCUT2D eigenvalue weighted by atomic mass is 32.2. The number of hydrogen-bond donors (Lipinski definition) is 1. The second-order valence-electron chi connectivity index (χ2n) is 4.62. The Morgan fingerprint density at radius 1 is 1.43 bits per heavy atom. The van der Waals surface area contributed by atoms with E-state index in [2.05, 4.69) is 10.2 Å². The first-order valence-corrected chi connectivity index (χ1v) is 7.57. The van der Waals surface area contributed by atoms with Crippen molar-refractivity contribution < 1.29 is 14.3 Å². The zero-order valence-electron chi connectivity index (χ0n) is 11.8. The molecule has 1 heterocycles. The maximum Gasteiger partial charge on any atom is 0.313 e. The number of hydrogen-bond acceptors (Lipinski definition) is 4. The van der Waals surface area contributed by atoms with E-state index in [9.17, 15) is 9.18 Å². The standard InChI is InChI=1S/C14H16FN3O2S/c1-3-4-12-16-17-14(21-8-13(19)20)18(12)11-7-9(2)5-6-10(11)15/h5-7H,3-4,8H2,1-2H3,(H,19,20). The largest absolute Gasteiger partial charge is 0.481 e. The maximum atomic E-state index is 14.1. The molecular formula is C14H16FN3O2S. The molecule has 0 radical (unpaired) electrons. The molecule has 0 fully saturated rings. The monoisotopic (exact) mass is 309 g/mol. The lowest BCUT2D eigenvalue weighted by atomic mass is 10.2. The average Bonchev–Trinajstić information content (AvgIpc) is 2.82. The van der Waals surface area contributed by atoms with E-state index < -0.39 is 5.97 Å². The van der Waals surface area contributed by atoms with Crippen molar-refractivity contribution in [3.05, 3.63) is 35.4 Å². The summed E-state index contributed by atoms with van der Waals surface area (Å²) in [6, 6.07) is 4.79. The van der Waals surface area contributed by atoms with Crippen LogP contribution >= 0.6 is 11.8 Å². The van der Waals surface area contributed by atoms with Gasteiger partial charge in [0, 0.05) is 6.42 Å². The number of benzene rings is 1. The van der Waals surface area contributed by atoms with Gasteiger partial charge in [0.05, 0.1) is 11.4 Å². The van der Waals surface area contributed by atoms with Crippen LogP contribution in [0.15, 0.2) is 23.4 Å². The third kappa shape index (κ3) is 3.60. The zero-order valence-corrected chi connectivity index (χ0v) is 12.7. The van der Waals surface area contributed by atoms with Gasteiger partial charge in [0.25, 0.3) is 0 Å². The van der Waals surface area contributed by atoms with Crippen molar-refractivity contribution in [2.75, 3.05) is 5.75 Å². The number of halogens is 1. The summed E-state index contributed by atoms with van der Waals surface area (Å²) < 4.78 is 15.7. The highest BCUT2D eigenvalue weighted by Gasteiger charge is 2.17. The number of carboxylic acid groups (broad SMARTS) is 1. The number of nitrogens with zero attached hydrogens (tertiary/aromatic N) is 3. The molecule has 0 atom stereocenters. The third-order valence-electron chi connectivity index (χ3n) is 2.84. The van der Waals surface area contributed by atoms with Crippen LogP contribution in [0.2, 0.25) is 0 Å². The zero-order chi connectivity index (χ0) is 15.4. The summed E-state index contributed by atoms with van der Waals surface area (Å²) >= 11 is 1.03. The van der Waals surface area contributed by atoms with Gasteiger partial charge in [-0.25, -0.2) is 4.39 Å². The third-order valence-corrected chi connectivity index (χ3v) is 3.75. The first-order chi connectivity index (χ1) is 10.0. The van der Waals surface area contributed by atoms with Crippen LogP contribution in [0.5, 0.6) is 0 Å². The van der Waals surface area contributed by atoms with Gasteiger partial charge in [-0.2, -0.15) is 0 Å². The van der Waals surface area contributed by atoms with E-state index >= 15 is 0 Å². The van der Waals surface area contributed by atoms with Crippen molar-refractivity contribution in [2.45, 2.75) is 31.8 Å². The Hall–Kier alpha value is -1.89. The number of aliphatic carboxylic acids is 1. The Morgan fingerprint density at radius 3 is 2.86 bits per heavy atom. The molecule has 0 aliphatic heterocycles. The molecule has 21 heavy (non-hydrogen) atoms. The van der Waals surface area contributed by atoms with Gasteiger partial charge in [-0.15, -0.1) is 10.2 Å². The molecule has 0 bridgehead atoms. The van der Waals surface area contributed by atoms with E-state index in [1.807, 2.05) is 13.8 Å². The summed E-state index contributed by atoms with van der Waals surface area (Å²) in [6.45, 7) is 3.87. The van der Waals surface area contributed by atoms with Gasteiger partial charge in [-0.1, -0.05) is 24.8 Å². The summed E-state index contributed by atoms with van der Waals surface area (Å²) in [5.41, 5.74) is 1.27. The van der Waals surface area contributed by atoms with Crippen LogP contribution in [0, 0.1) is 12.7 Å². The summed E-state index contributed by atoms with van der Waals surface area (Å²) in [5.74, 6) is -0.835. The summed E-state index contributed by atoms with van der Waals surface area (Å²) in [5, 5.41) is 17.2. The molecule has 1 aromatic heterocycles. The maximum absolute atomic E-state index is 14.1. The average molecular weight is 309 g/mol. The molecule has 0 aliphatic rings. The first-order valence-electron chi connectivity index (χ1n) is 6.58. The highest BCUT2D eigenvalue weighted by molar-refractivity contribution is 7.99. The van der Waals surface area contributed by atoms with Crippen LogP contribution in [0.25, 0.3) is 5.69 Å². The van der Waals surface area contributed by atoms with Gasteiger partial charge in [0.15, 0.2) is 5.16 Å². The van der Waals surface area contributed by atoms with E-state index in [1.54, 1.807) is 16.7 Å². The van der Waals surface area contributed by atoms with Crippen molar-refractivity contribution in [1.29, 1.82) is 0 Å². The molecule has 7 heteroatoms. The van der Waals surface area contributed by atoms with Crippen LogP contribution in [0.3, 0.4) is 0 Å². The fourth-order valence-corrected chi connectivity index (χ4v) is 2.63. The van der Waals surface area contributed by atoms with Gasteiger partial charge < -0.3 is 5.11 Å². The van der Waals surface area contributed by atoms with Gasteiger partial charge in [0.1, 0.15) is 11.6 Å². The topological polar surface area (TPSA) is 68.0 Å². The number of aryl methyl sites for hydroxylation is 2. The fourth-order valence-electron chi connectivity index (χ4n) is 1.94. The van der Waals surface area contributed by atoms with Gasteiger partial charge >= 0.3 is 5.97 Å². The molecule has 0 unspecified atom stereocenters. The molecule has 1 aromatic carbocycles. The summed E-state index contributed by atoms with van der Waals surface area (Å²) in [7, 11) is 0. The lowest BCUT2D eigenvalue weighted by Gasteiger charge is -2.11. The number of carbonyl (C=O) groups is 1. The molecular weight excluding hydrogens is 293 g/mol. The first kappa shape index (κ1) is 15.5. The van der Waals surface area contributed by atoms with E-state index in [1.165, 1.54) is 6.07 Å². The Balaban J connectivity index is 2.49. The molecule has 1 N–H and O–H groups in total. The normalized spacial score (nSPS) is 10.8. The van der Waals surface area contributed by atoms with Crippen molar-refractivity contribution in [3.8, 4) is 5.69 Å². The van der Waals surface area contributed by atoms with E-state index in [4.69, 9.17) is 5.11 Å². The molecule has 0 saturated heterocycles. The number of thioether (sulfide) groups is 1. The lowest BCUT2D eigenvalue weighted by Crippen LogP contribution is -2.07. The van der Waals surface area contributed by atoms with E-state index in [-0.39, 0.29) is 11.6 Å². The van der Waals surface area contributed by atoms with Crippen LogP contribution in [0.1, 0.15) is 24.7 Å². The van der Waals surface area contributed by atoms with Crippen LogP contribution in [0.4, 0.5) is 4.39 Å². The summed E-state index contributed by atoms with van der Waals surface area (Å²) in [4.78, 5) is 10.7. The smallest absolute Gasteiger partial charge is 0.313 e. The molecule has 112 valence electrons. The number of aromatic nitrogens is 3. The minimum absolute atomic E-state index is 0.141. The van der Waals surface area contributed by atoms with Gasteiger partial charge in [-0.3, -0.25) is 9.36 Å². The SMILES string of the molecule is CCCc1nnc(SCC(=O)O)n1-c1cc(C)ccc1F. The Morgan fingerprint density at radius 2 is 2.19 bits per heavy atom. The summed E-state index contributed by atoms with van der Waals surface area (Å²) in [6.07, 6.45) is 1.49. The Bertz CT molecular complexity index is 658. The van der Waals surface area contributed by atoms with Gasteiger partial charge in [0.2, 0.25) is 0 Å². The number of rotatable bonds is 6. The molecule has 0 amide bonds. The predicted octanol–water partition coefficient (Wildman–Crippen LogP) is 2.84. The molecule has 5 nitrogen and oxygen atoms in total. The predicted molar refractivity (Wildman–Crippen MR) is 78.4 cm³/mol. The molecule has 2 aromatic rings. The lowest BCUT2D eigenvalue weighted by molar-refractivity contribution is -0.133. The minimum atomic E-state index is -0.948. The molecule has 2 rings (SSSR count). The van der Waals surface area contributed by atoms with Crippen molar-refractivity contribution in [1.82, 2.24) is 14.8 Å².